The zero-order chi connectivity index (χ0) is 17.4. The van der Waals surface area contributed by atoms with E-state index in [0.717, 1.165) is 37.6 Å². The molecule has 1 aliphatic heterocycles. The van der Waals surface area contributed by atoms with E-state index >= 15 is 0 Å². The summed E-state index contributed by atoms with van der Waals surface area (Å²) < 4.78 is 11.0. The van der Waals surface area contributed by atoms with E-state index in [-0.39, 0.29) is 12.0 Å². The van der Waals surface area contributed by atoms with Gasteiger partial charge in [-0.3, -0.25) is 9.69 Å². The van der Waals surface area contributed by atoms with Crippen molar-refractivity contribution < 1.29 is 14.3 Å². The molecule has 0 spiro atoms. The minimum atomic E-state index is -0.120. The second-order valence-electron chi connectivity index (χ2n) is 6.47. The minimum absolute atomic E-state index is 0.0566. The molecule has 0 aliphatic carbocycles. The van der Waals surface area contributed by atoms with Crippen molar-refractivity contribution in [3.8, 4) is 5.75 Å². The van der Waals surface area contributed by atoms with Crippen molar-refractivity contribution in [1.82, 2.24) is 10.2 Å². The third kappa shape index (κ3) is 5.98. The summed E-state index contributed by atoms with van der Waals surface area (Å²) in [7, 11) is 1.62. The first-order chi connectivity index (χ1) is 11.6. The van der Waals surface area contributed by atoms with E-state index in [1.165, 1.54) is 6.08 Å². The maximum Gasteiger partial charge on any atom is 0.244 e. The smallest absolute Gasteiger partial charge is 0.244 e. The number of carbonyl (C=O) groups is 1. The molecular formula is C19H28N2O3. The Kier molecular flexibility index (Phi) is 7.28. The van der Waals surface area contributed by atoms with Crippen molar-refractivity contribution in [3.05, 3.63) is 35.9 Å². The number of carbonyl (C=O) groups excluding carboxylic acids is 1. The van der Waals surface area contributed by atoms with Gasteiger partial charge in [0, 0.05) is 37.8 Å². The molecule has 0 radical (unpaired) electrons. The zero-order valence-electron chi connectivity index (χ0n) is 14.8. The van der Waals surface area contributed by atoms with Gasteiger partial charge in [-0.25, -0.2) is 0 Å². The van der Waals surface area contributed by atoms with Crippen LogP contribution in [0.5, 0.6) is 5.75 Å². The van der Waals surface area contributed by atoms with Crippen molar-refractivity contribution in [1.29, 1.82) is 0 Å². The molecule has 24 heavy (non-hydrogen) atoms. The number of nitrogens with zero attached hydrogens (tertiary/aromatic N) is 1. The maximum absolute atomic E-state index is 12.0. The van der Waals surface area contributed by atoms with Gasteiger partial charge in [0.2, 0.25) is 5.91 Å². The standard InChI is InChI=1S/C19H28N2O3/c1-15(2)13-21-10-11-24-17(14-21)12-20-19(22)9-8-16-6-4-5-7-18(16)23-3/h4-9,15,17H,10-14H2,1-3H3,(H,20,22)/b9-8+. The van der Waals surface area contributed by atoms with Gasteiger partial charge in [-0.1, -0.05) is 32.0 Å². The van der Waals surface area contributed by atoms with Gasteiger partial charge >= 0.3 is 0 Å². The Morgan fingerprint density at radius 3 is 3.00 bits per heavy atom. The van der Waals surface area contributed by atoms with E-state index < -0.39 is 0 Å². The lowest BCUT2D eigenvalue weighted by atomic mass is 10.1. The van der Waals surface area contributed by atoms with Crippen LogP contribution in [-0.4, -0.2) is 56.8 Å². The topological polar surface area (TPSA) is 50.8 Å². The molecule has 1 saturated heterocycles. The molecule has 1 aromatic rings. The van der Waals surface area contributed by atoms with Crippen molar-refractivity contribution in [2.24, 2.45) is 5.92 Å². The Morgan fingerprint density at radius 2 is 2.25 bits per heavy atom. The number of hydrogen-bond donors (Lipinski definition) is 1. The van der Waals surface area contributed by atoms with Crippen molar-refractivity contribution >= 4 is 12.0 Å². The third-order valence-electron chi connectivity index (χ3n) is 3.90. The molecule has 1 fully saturated rings. The highest BCUT2D eigenvalue weighted by Gasteiger charge is 2.21. The number of ether oxygens (including phenoxy) is 2. The van der Waals surface area contributed by atoms with Crippen LogP contribution in [0.3, 0.4) is 0 Å². The lowest BCUT2D eigenvalue weighted by Gasteiger charge is -2.33. The van der Waals surface area contributed by atoms with Crippen LogP contribution in [0.15, 0.2) is 30.3 Å². The van der Waals surface area contributed by atoms with Crippen molar-refractivity contribution in [2.45, 2.75) is 20.0 Å². The summed E-state index contributed by atoms with van der Waals surface area (Å²) in [5, 5.41) is 2.92. The van der Waals surface area contributed by atoms with E-state index in [1.54, 1.807) is 13.2 Å². The number of hydrogen-bond acceptors (Lipinski definition) is 4. The highest BCUT2D eigenvalue weighted by Crippen LogP contribution is 2.18. The lowest BCUT2D eigenvalue weighted by Crippen LogP contribution is -2.48. The maximum atomic E-state index is 12.0. The highest BCUT2D eigenvalue weighted by molar-refractivity contribution is 5.92. The van der Waals surface area contributed by atoms with Gasteiger partial charge in [0.25, 0.3) is 0 Å². The molecular weight excluding hydrogens is 304 g/mol. The molecule has 1 heterocycles. The Bertz CT molecular complexity index is 557. The summed E-state index contributed by atoms with van der Waals surface area (Å²) in [4.78, 5) is 14.4. The molecule has 0 saturated carbocycles. The zero-order valence-corrected chi connectivity index (χ0v) is 14.8. The van der Waals surface area contributed by atoms with Gasteiger partial charge in [-0.05, 0) is 18.1 Å². The Balaban J connectivity index is 1.79. The van der Waals surface area contributed by atoms with Crippen LogP contribution in [0.25, 0.3) is 6.08 Å². The quantitative estimate of drug-likeness (QED) is 0.778. The van der Waals surface area contributed by atoms with Crippen LogP contribution < -0.4 is 10.1 Å². The fourth-order valence-electron chi connectivity index (χ4n) is 2.83. The Morgan fingerprint density at radius 1 is 1.46 bits per heavy atom. The first-order valence-corrected chi connectivity index (χ1v) is 8.51. The monoisotopic (exact) mass is 332 g/mol. The van der Waals surface area contributed by atoms with Crippen LogP contribution in [0.2, 0.25) is 0 Å². The molecule has 5 nitrogen and oxygen atoms in total. The van der Waals surface area contributed by atoms with Crippen molar-refractivity contribution in [2.75, 3.05) is 39.9 Å². The van der Waals surface area contributed by atoms with Crippen LogP contribution >= 0.6 is 0 Å². The molecule has 1 aromatic carbocycles. The Labute approximate surface area is 144 Å². The largest absolute Gasteiger partial charge is 0.496 e. The van der Waals surface area contributed by atoms with Crippen LogP contribution in [-0.2, 0) is 9.53 Å². The number of morpholine rings is 1. The van der Waals surface area contributed by atoms with E-state index in [9.17, 15) is 4.79 Å². The van der Waals surface area contributed by atoms with E-state index in [2.05, 4.69) is 24.1 Å². The summed E-state index contributed by atoms with van der Waals surface area (Å²) >= 11 is 0. The molecule has 2 rings (SSSR count). The lowest BCUT2D eigenvalue weighted by molar-refractivity contribution is -0.117. The fraction of sp³-hybridized carbons (Fsp3) is 0.526. The minimum Gasteiger partial charge on any atom is -0.496 e. The number of nitrogens with one attached hydrogen (secondary N) is 1. The number of para-hydroxylation sites is 1. The van der Waals surface area contributed by atoms with Gasteiger partial charge in [0.05, 0.1) is 19.8 Å². The highest BCUT2D eigenvalue weighted by atomic mass is 16.5. The summed E-state index contributed by atoms with van der Waals surface area (Å²) in [6, 6.07) is 7.60. The molecule has 5 heteroatoms. The second-order valence-corrected chi connectivity index (χ2v) is 6.47. The first kappa shape index (κ1) is 18.5. The SMILES string of the molecule is COc1ccccc1/C=C/C(=O)NCC1CN(CC(C)C)CCO1. The molecule has 1 amide bonds. The molecule has 1 atom stereocenters. The molecule has 0 bridgehead atoms. The predicted octanol–water partition coefficient (Wildman–Crippen LogP) is 2.18. The molecule has 1 aliphatic rings. The Hall–Kier alpha value is -1.85. The number of benzene rings is 1. The van der Waals surface area contributed by atoms with E-state index in [0.29, 0.717) is 12.5 Å². The van der Waals surface area contributed by atoms with E-state index in [1.807, 2.05) is 24.3 Å². The van der Waals surface area contributed by atoms with Crippen LogP contribution in [0.4, 0.5) is 0 Å². The van der Waals surface area contributed by atoms with Gasteiger partial charge < -0.3 is 14.8 Å². The summed E-state index contributed by atoms with van der Waals surface area (Å²) in [5.74, 6) is 1.27. The van der Waals surface area contributed by atoms with Gasteiger partial charge in [0.15, 0.2) is 0 Å². The van der Waals surface area contributed by atoms with Gasteiger partial charge in [0.1, 0.15) is 5.75 Å². The average molecular weight is 332 g/mol. The van der Waals surface area contributed by atoms with Crippen molar-refractivity contribution in [3.63, 3.8) is 0 Å². The predicted molar refractivity (Wildman–Crippen MR) is 96.1 cm³/mol. The first-order valence-electron chi connectivity index (χ1n) is 8.51. The van der Waals surface area contributed by atoms with Crippen LogP contribution in [0.1, 0.15) is 19.4 Å². The molecule has 0 aromatic heterocycles. The number of amides is 1. The van der Waals surface area contributed by atoms with E-state index in [4.69, 9.17) is 9.47 Å². The average Bonchev–Trinajstić information content (AvgIpc) is 2.58. The normalized spacial score (nSPS) is 18.9. The molecule has 1 unspecified atom stereocenters. The molecule has 1 N–H and O–H groups in total. The number of rotatable bonds is 7. The number of methoxy groups -OCH3 is 1. The van der Waals surface area contributed by atoms with Gasteiger partial charge in [-0.2, -0.15) is 0 Å². The molecule has 132 valence electrons. The van der Waals surface area contributed by atoms with Crippen LogP contribution in [0, 0.1) is 5.92 Å². The van der Waals surface area contributed by atoms with Gasteiger partial charge in [-0.15, -0.1) is 0 Å². The third-order valence-corrected chi connectivity index (χ3v) is 3.90. The summed E-state index contributed by atoms with van der Waals surface area (Å²) in [6.07, 6.45) is 3.36. The summed E-state index contributed by atoms with van der Waals surface area (Å²) in [5.41, 5.74) is 0.882. The second kappa shape index (κ2) is 9.45. The fourth-order valence-corrected chi connectivity index (χ4v) is 2.83. The summed E-state index contributed by atoms with van der Waals surface area (Å²) in [6.45, 7) is 8.60.